The topological polar surface area (TPSA) is 55.8 Å². The van der Waals surface area contributed by atoms with Crippen LogP contribution in [-0.4, -0.2) is 23.8 Å². The number of hydrogen-bond acceptors (Lipinski definition) is 4. The Labute approximate surface area is 204 Å². The Morgan fingerprint density at radius 1 is 1.03 bits per heavy atom. The number of fused-ring (bicyclic) bond motifs is 2. The number of carbonyl (C=O) groups excluding carboxylic acids is 1. The van der Waals surface area contributed by atoms with Crippen molar-refractivity contribution < 1.29 is 19.4 Å². The van der Waals surface area contributed by atoms with Gasteiger partial charge in [-0.1, -0.05) is 68.7 Å². The minimum atomic E-state index is -0.339. The number of unbranched alkanes of at least 4 members (excludes halogenated alkanes) is 2. The van der Waals surface area contributed by atoms with Gasteiger partial charge in [-0.3, -0.25) is 0 Å². The molecule has 0 aliphatic heterocycles. The lowest BCUT2D eigenvalue weighted by Crippen LogP contribution is -2.26. The normalized spacial score (nSPS) is 22.0. The molecule has 34 heavy (non-hydrogen) atoms. The second kappa shape index (κ2) is 12.4. The van der Waals surface area contributed by atoms with Gasteiger partial charge in [-0.25, -0.2) is 4.79 Å². The predicted octanol–water partition coefficient (Wildman–Crippen LogP) is 6.27. The van der Waals surface area contributed by atoms with Gasteiger partial charge in [0, 0.05) is 0 Å². The minimum absolute atomic E-state index is 0.0596. The number of rotatable bonds is 12. The molecule has 0 amide bonds. The number of ether oxygens (including phenoxy) is 2. The van der Waals surface area contributed by atoms with Gasteiger partial charge in [0.2, 0.25) is 0 Å². The highest BCUT2D eigenvalue weighted by atomic mass is 16.6. The first kappa shape index (κ1) is 24.8. The average molecular weight is 465 g/mol. The number of esters is 1. The molecule has 4 atom stereocenters. The maximum Gasteiger partial charge on any atom is 0.344 e. The number of aliphatic hydroxyl groups excluding tert-OH is 1. The summed E-state index contributed by atoms with van der Waals surface area (Å²) in [5.74, 6) is 2.61. The van der Waals surface area contributed by atoms with Gasteiger partial charge in [0.05, 0.1) is 6.10 Å². The lowest BCUT2D eigenvalue weighted by molar-refractivity contribution is -0.147. The van der Waals surface area contributed by atoms with Crippen molar-refractivity contribution in [3.8, 4) is 5.75 Å². The quantitative estimate of drug-likeness (QED) is 0.297. The standard InChI is InChI=1S/C30H40O4/c1-2-3-5-12-26(31)17-16-23-14-15-25-19-28-24(18-27(23)25)11-8-13-29(28)33-21-30(32)34-20-22-9-6-4-7-10-22/h4,6-11,13,23,25-27,31H,2-3,5,12,14-21H2,1H3/t23-,25-,26+,27-/m1/s1. The van der Waals surface area contributed by atoms with Crippen molar-refractivity contribution in [2.24, 2.45) is 17.8 Å². The Morgan fingerprint density at radius 2 is 1.88 bits per heavy atom. The van der Waals surface area contributed by atoms with Gasteiger partial charge in [0.25, 0.3) is 0 Å². The van der Waals surface area contributed by atoms with Gasteiger partial charge in [0.15, 0.2) is 6.61 Å². The van der Waals surface area contributed by atoms with Crippen LogP contribution in [-0.2, 0) is 29.0 Å². The van der Waals surface area contributed by atoms with Crippen molar-refractivity contribution in [1.82, 2.24) is 0 Å². The van der Waals surface area contributed by atoms with Gasteiger partial charge in [-0.15, -0.1) is 0 Å². The van der Waals surface area contributed by atoms with E-state index in [-0.39, 0.29) is 25.3 Å². The van der Waals surface area contributed by atoms with Crippen molar-refractivity contribution in [2.75, 3.05) is 6.61 Å². The molecule has 1 saturated carbocycles. The van der Waals surface area contributed by atoms with Crippen LogP contribution in [0.4, 0.5) is 0 Å². The van der Waals surface area contributed by atoms with E-state index in [0.29, 0.717) is 11.8 Å². The summed E-state index contributed by atoms with van der Waals surface area (Å²) in [5, 5.41) is 10.4. The van der Waals surface area contributed by atoms with E-state index >= 15 is 0 Å². The zero-order chi connectivity index (χ0) is 23.8. The summed E-state index contributed by atoms with van der Waals surface area (Å²) in [6, 6.07) is 16.0. The third kappa shape index (κ3) is 6.63. The third-order valence-electron chi connectivity index (χ3n) is 7.87. The fraction of sp³-hybridized carbons (Fsp3) is 0.567. The highest BCUT2D eigenvalue weighted by Gasteiger charge is 2.39. The molecule has 0 radical (unpaired) electrons. The second-order valence-corrected chi connectivity index (χ2v) is 10.2. The summed E-state index contributed by atoms with van der Waals surface area (Å²) in [4.78, 5) is 12.2. The molecule has 0 spiro atoms. The smallest absolute Gasteiger partial charge is 0.344 e. The first-order valence-electron chi connectivity index (χ1n) is 13.2. The van der Waals surface area contributed by atoms with Crippen LogP contribution < -0.4 is 4.74 Å². The number of carbonyl (C=O) groups is 1. The molecule has 0 bridgehead atoms. The molecule has 1 N–H and O–H groups in total. The van der Waals surface area contributed by atoms with Crippen LogP contribution in [0.3, 0.4) is 0 Å². The molecule has 2 aliphatic rings. The zero-order valence-electron chi connectivity index (χ0n) is 20.6. The fourth-order valence-corrected chi connectivity index (χ4v) is 5.97. The van der Waals surface area contributed by atoms with Crippen LogP contribution >= 0.6 is 0 Å². The van der Waals surface area contributed by atoms with Crippen molar-refractivity contribution in [3.05, 3.63) is 65.2 Å². The molecule has 4 nitrogen and oxygen atoms in total. The Balaban J connectivity index is 1.28. The summed E-state index contributed by atoms with van der Waals surface area (Å²) in [7, 11) is 0. The van der Waals surface area contributed by atoms with E-state index in [1.54, 1.807) is 0 Å². The zero-order valence-corrected chi connectivity index (χ0v) is 20.6. The summed E-state index contributed by atoms with van der Waals surface area (Å²) >= 11 is 0. The van der Waals surface area contributed by atoms with E-state index in [0.717, 1.165) is 55.8 Å². The molecule has 184 valence electrons. The van der Waals surface area contributed by atoms with Gasteiger partial charge < -0.3 is 14.6 Å². The molecule has 4 heteroatoms. The Morgan fingerprint density at radius 3 is 2.71 bits per heavy atom. The fourth-order valence-electron chi connectivity index (χ4n) is 5.97. The van der Waals surface area contributed by atoms with Gasteiger partial charge in [-0.05, 0) is 85.5 Å². The molecule has 2 aromatic carbocycles. The first-order valence-corrected chi connectivity index (χ1v) is 13.2. The minimum Gasteiger partial charge on any atom is -0.482 e. The monoisotopic (exact) mass is 464 g/mol. The van der Waals surface area contributed by atoms with Gasteiger partial charge in [0.1, 0.15) is 12.4 Å². The summed E-state index contributed by atoms with van der Waals surface area (Å²) < 4.78 is 11.3. The molecule has 0 heterocycles. The van der Waals surface area contributed by atoms with Crippen LogP contribution in [0.1, 0.15) is 75.0 Å². The highest BCUT2D eigenvalue weighted by Crippen LogP contribution is 2.48. The highest BCUT2D eigenvalue weighted by molar-refractivity contribution is 5.71. The van der Waals surface area contributed by atoms with E-state index in [2.05, 4.69) is 13.0 Å². The molecule has 2 aromatic rings. The van der Waals surface area contributed by atoms with Gasteiger partial charge >= 0.3 is 5.97 Å². The number of benzene rings is 2. The Kier molecular flexibility index (Phi) is 9.04. The molecule has 0 aromatic heterocycles. The average Bonchev–Trinajstić information content (AvgIpc) is 3.26. The number of hydrogen-bond donors (Lipinski definition) is 1. The first-order chi connectivity index (χ1) is 16.6. The molecular formula is C30H40O4. The molecular weight excluding hydrogens is 424 g/mol. The molecule has 0 saturated heterocycles. The number of aliphatic hydroxyl groups is 1. The van der Waals surface area contributed by atoms with E-state index in [1.165, 1.54) is 36.8 Å². The Hall–Kier alpha value is -2.33. The SMILES string of the molecule is CCCCC[C@H](O)CC[C@H]1CC[C@@H]2Cc3c(cccc3OCC(=O)OCc3ccccc3)C[C@H]12. The summed E-state index contributed by atoms with van der Waals surface area (Å²) in [6.45, 7) is 2.42. The summed E-state index contributed by atoms with van der Waals surface area (Å²) in [6.07, 6.45) is 11.1. The van der Waals surface area contributed by atoms with E-state index < -0.39 is 0 Å². The lowest BCUT2D eigenvalue weighted by atomic mass is 9.73. The van der Waals surface area contributed by atoms with Crippen molar-refractivity contribution >= 4 is 5.97 Å². The van der Waals surface area contributed by atoms with Crippen LogP contribution in [0.25, 0.3) is 0 Å². The maximum absolute atomic E-state index is 12.2. The predicted molar refractivity (Wildman–Crippen MR) is 135 cm³/mol. The van der Waals surface area contributed by atoms with E-state index in [4.69, 9.17) is 9.47 Å². The van der Waals surface area contributed by atoms with Gasteiger partial charge in [-0.2, -0.15) is 0 Å². The van der Waals surface area contributed by atoms with E-state index in [9.17, 15) is 9.90 Å². The van der Waals surface area contributed by atoms with Crippen molar-refractivity contribution in [1.29, 1.82) is 0 Å². The van der Waals surface area contributed by atoms with Crippen LogP contribution in [0.5, 0.6) is 5.75 Å². The largest absolute Gasteiger partial charge is 0.482 e. The van der Waals surface area contributed by atoms with E-state index in [1.807, 2.05) is 42.5 Å². The van der Waals surface area contributed by atoms with Crippen LogP contribution in [0, 0.1) is 17.8 Å². The van der Waals surface area contributed by atoms with Crippen molar-refractivity contribution in [2.45, 2.75) is 83.8 Å². The molecule has 1 fully saturated rings. The molecule has 4 rings (SSSR count). The van der Waals surface area contributed by atoms with Crippen LogP contribution in [0.2, 0.25) is 0 Å². The lowest BCUT2D eigenvalue weighted by Gasteiger charge is -2.32. The maximum atomic E-state index is 12.2. The molecule has 2 aliphatic carbocycles. The third-order valence-corrected chi connectivity index (χ3v) is 7.87. The second-order valence-electron chi connectivity index (χ2n) is 10.2. The van der Waals surface area contributed by atoms with Crippen molar-refractivity contribution in [3.63, 3.8) is 0 Å². The van der Waals surface area contributed by atoms with Crippen LogP contribution in [0.15, 0.2) is 48.5 Å². The Bertz CT molecular complexity index is 909. The molecule has 0 unspecified atom stereocenters. The summed E-state index contributed by atoms with van der Waals surface area (Å²) in [5.41, 5.74) is 3.62.